The van der Waals surface area contributed by atoms with Gasteiger partial charge < -0.3 is 60.9 Å². The van der Waals surface area contributed by atoms with Crippen LogP contribution < -0.4 is 9.80 Å². The first-order valence-electron chi connectivity index (χ1n) is 19.7. The third-order valence-electron chi connectivity index (χ3n) is 14.5. The predicted molar refractivity (Wildman–Crippen MR) is 199 cm³/mol. The molecule has 0 bridgehead atoms. The van der Waals surface area contributed by atoms with E-state index in [4.69, 9.17) is 19.6 Å². The number of allylic oxidation sites excluding steroid dienone is 1. The number of hydrogen-bond donors (Lipinski definition) is 10. The highest BCUT2D eigenvalue weighted by molar-refractivity contribution is 5.72. The number of aliphatic hydroxyl groups excluding tert-OH is 10. The fourth-order valence-electron chi connectivity index (χ4n) is 12.2. The third kappa shape index (κ3) is 4.76. The molecule has 8 aliphatic rings. The van der Waals surface area contributed by atoms with Crippen LogP contribution in [0.1, 0.15) is 0 Å². The summed E-state index contributed by atoms with van der Waals surface area (Å²) in [6, 6.07) is 22.8. The first-order chi connectivity index (χ1) is 28.0. The zero-order chi connectivity index (χ0) is 40.0. The fourth-order valence-corrected chi connectivity index (χ4v) is 12.2. The molecule has 4 aliphatic heterocycles. The quantitative estimate of drug-likeness (QED) is 0.154. The minimum Gasteiger partial charge on any atom is -0.506 e. The molecular formula is C42H44N2O14. The highest BCUT2D eigenvalue weighted by Gasteiger charge is 2.75. The van der Waals surface area contributed by atoms with Gasteiger partial charge in [-0.1, -0.05) is 60.7 Å². The lowest BCUT2D eigenvalue weighted by Crippen LogP contribution is -2.75. The minimum absolute atomic E-state index is 0.0337. The van der Waals surface area contributed by atoms with Crippen molar-refractivity contribution in [3.63, 3.8) is 0 Å². The minimum atomic E-state index is -1.89. The van der Waals surface area contributed by atoms with E-state index in [1.165, 1.54) is 0 Å². The molecule has 3 aromatic carbocycles. The second kappa shape index (κ2) is 13.2. The van der Waals surface area contributed by atoms with Crippen molar-refractivity contribution in [1.82, 2.24) is 0 Å². The van der Waals surface area contributed by atoms with Crippen LogP contribution in [0.25, 0.3) is 11.1 Å². The van der Waals surface area contributed by atoms with Gasteiger partial charge in [0, 0.05) is 46.5 Å². The van der Waals surface area contributed by atoms with E-state index in [0.717, 1.165) is 11.1 Å². The van der Waals surface area contributed by atoms with Crippen LogP contribution in [0.4, 0.5) is 11.4 Å². The smallest absolute Gasteiger partial charge is 0.166 e. The largest absolute Gasteiger partial charge is 0.506 e. The Bertz CT molecular complexity index is 2160. The van der Waals surface area contributed by atoms with Crippen LogP contribution in [0.3, 0.4) is 0 Å². The van der Waals surface area contributed by atoms with E-state index < -0.39 is 132 Å². The molecule has 3 aromatic rings. The van der Waals surface area contributed by atoms with Crippen molar-refractivity contribution in [1.29, 1.82) is 0 Å². The molecule has 3 saturated heterocycles. The van der Waals surface area contributed by atoms with E-state index in [1.54, 1.807) is 52.3 Å². The van der Waals surface area contributed by atoms with Crippen LogP contribution in [0.15, 0.2) is 108 Å². The molecule has 306 valence electrons. The Balaban J connectivity index is 1.03. The molecule has 3 saturated carbocycles. The van der Waals surface area contributed by atoms with E-state index in [-0.39, 0.29) is 11.3 Å². The summed E-state index contributed by atoms with van der Waals surface area (Å²) in [5.41, 5.74) is 2.82. The van der Waals surface area contributed by atoms with Gasteiger partial charge in [0.25, 0.3) is 0 Å². The van der Waals surface area contributed by atoms with Gasteiger partial charge in [-0.3, -0.25) is 0 Å². The molecule has 11 rings (SSSR count). The van der Waals surface area contributed by atoms with Crippen molar-refractivity contribution in [3.8, 4) is 11.1 Å². The van der Waals surface area contributed by atoms with Gasteiger partial charge in [-0.2, -0.15) is 0 Å². The number of aliphatic hydroxyl groups is 10. The molecule has 10 N–H and O–H groups in total. The van der Waals surface area contributed by atoms with Gasteiger partial charge in [-0.05, 0) is 35.4 Å². The van der Waals surface area contributed by atoms with Gasteiger partial charge in [0.15, 0.2) is 11.5 Å². The second-order valence-corrected chi connectivity index (χ2v) is 16.9. The summed E-state index contributed by atoms with van der Waals surface area (Å²) in [5, 5.41) is 115. The molecule has 16 heteroatoms. The fraction of sp³-hybridized carbons (Fsp3) is 0.476. The van der Waals surface area contributed by atoms with Gasteiger partial charge in [0.1, 0.15) is 67.1 Å². The van der Waals surface area contributed by atoms with E-state index in [2.05, 4.69) is 0 Å². The number of nitrogens with zero attached hydrogens (tertiary/aromatic N) is 2. The van der Waals surface area contributed by atoms with Gasteiger partial charge in [0.2, 0.25) is 0 Å². The average Bonchev–Trinajstić information content (AvgIpc) is 3.81. The Morgan fingerprint density at radius 1 is 0.448 bits per heavy atom. The Morgan fingerprint density at radius 3 is 1.71 bits per heavy atom. The highest BCUT2D eigenvalue weighted by atomic mass is 17.2. The molecule has 20 atom stereocenters. The van der Waals surface area contributed by atoms with Crippen molar-refractivity contribution >= 4 is 11.4 Å². The summed E-state index contributed by atoms with van der Waals surface area (Å²) in [6.07, 6.45) is -17.3. The number of hydrogen-bond acceptors (Lipinski definition) is 16. The molecule has 16 nitrogen and oxygen atoms in total. The van der Waals surface area contributed by atoms with Crippen molar-refractivity contribution in [2.45, 2.75) is 91.4 Å². The average molecular weight is 801 g/mol. The van der Waals surface area contributed by atoms with Gasteiger partial charge in [-0.15, -0.1) is 0 Å². The summed E-state index contributed by atoms with van der Waals surface area (Å²) in [5.74, 6) is -6.01. The summed E-state index contributed by atoms with van der Waals surface area (Å²) in [4.78, 5) is 28.3. The van der Waals surface area contributed by atoms with Crippen LogP contribution >= 0.6 is 0 Å². The van der Waals surface area contributed by atoms with Crippen molar-refractivity contribution in [2.75, 3.05) is 9.80 Å². The Hall–Kier alpha value is -4.14. The Kier molecular flexibility index (Phi) is 8.39. The predicted octanol–water partition coefficient (Wildman–Crippen LogP) is -0.198. The van der Waals surface area contributed by atoms with Crippen molar-refractivity contribution in [3.05, 3.63) is 108 Å². The van der Waals surface area contributed by atoms with Crippen molar-refractivity contribution < 1.29 is 70.6 Å². The van der Waals surface area contributed by atoms with Crippen LogP contribution in [0.2, 0.25) is 0 Å². The van der Waals surface area contributed by atoms with Crippen LogP contribution in [-0.2, 0) is 19.6 Å². The molecule has 20 unspecified atom stereocenters. The number of anilines is 2. The molecule has 4 aliphatic carbocycles. The lowest BCUT2D eigenvalue weighted by molar-refractivity contribution is -0.511. The van der Waals surface area contributed by atoms with Gasteiger partial charge in [-0.25, -0.2) is 19.6 Å². The standard InChI is InChI=1S/C42H44N2O14/c45-29-19-21-27(43(17-11-5-2-6-12-17)25(19)31(47)37(53)35(29)51)33(49)41-23-24-40(56-57-41)22-20-26(32(48)38(54)36(52)30(20)46)44(28(22)34(50)42(24)58-55-39(21)23)18-13-7-10-16(14-18)15-8-3-1-4-9-15/h1-14,19,21-25,27-29,31-35,37-42,45-54H. The first kappa shape index (κ1) is 36.9. The molecule has 0 radical (unpaired) electrons. The highest BCUT2D eigenvalue weighted by Crippen LogP contribution is 2.62. The molecule has 4 heterocycles. The van der Waals surface area contributed by atoms with E-state index >= 15 is 0 Å². The van der Waals surface area contributed by atoms with E-state index in [9.17, 15) is 51.1 Å². The van der Waals surface area contributed by atoms with Crippen LogP contribution in [0, 0.1) is 29.6 Å². The van der Waals surface area contributed by atoms with Crippen LogP contribution in [0.5, 0.6) is 0 Å². The topological polar surface area (TPSA) is 246 Å². The maximum atomic E-state index is 12.6. The monoisotopic (exact) mass is 800 g/mol. The maximum absolute atomic E-state index is 12.6. The maximum Gasteiger partial charge on any atom is 0.166 e. The van der Waals surface area contributed by atoms with Gasteiger partial charge in [0.05, 0.1) is 29.9 Å². The number of para-hydroxylation sites is 1. The molecule has 58 heavy (non-hydrogen) atoms. The Morgan fingerprint density at radius 2 is 1.00 bits per heavy atom. The number of rotatable bonds is 3. The summed E-state index contributed by atoms with van der Waals surface area (Å²) < 4.78 is 0. The number of fused-ring (bicyclic) bond motifs is 7. The molecule has 6 fully saturated rings. The summed E-state index contributed by atoms with van der Waals surface area (Å²) >= 11 is 0. The first-order valence-corrected chi connectivity index (χ1v) is 19.7. The van der Waals surface area contributed by atoms with Gasteiger partial charge >= 0.3 is 0 Å². The summed E-state index contributed by atoms with van der Waals surface area (Å²) in [6.45, 7) is 0. The molecule has 0 amide bonds. The lowest BCUT2D eigenvalue weighted by Gasteiger charge is -2.61. The van der Waals surface area contributed by atoms with E-state index in [1.807, 2.05) is 42.5 Å². The molecular weight excluding hydrogens is 756 g/mol. The molecule has 0 spiro atoms. The second-order valence-electron chi connectivity index (χ2n) is 16.9. The SMILES string of the molecule is OC1=C(O)C(O)C(O)C2=C1C1C3OOC4C(O)C5C(C6OOC(C(O)C1N2c1cccc(-c2ccccc2)c1)C3C46)C1C(O)C(O)C(O)C(O)C1N5c1ccccc1. The van der Waals surface area contributed by atoms with E-state index in [0.29, 0.717) is 11.4 Å². The normalized spacial score (nSPS) is 46.3. The lowest BCUT2D eigenvalue weighted by atomic mass is 9.56. The zero-order valence-corrected chi connectivity index (χ0v) is 30.6. The zero-order valence-electron chi connectivity index (χ0n) is 30.6. The Labute approximate surface area is 331 Å². The van der Waals surface area contributed by atoms with Crippen LogP contribution in [-0.4, -0.2) is 142 Å². The number of benzene rings is 3. The third-order valence-corrected chi connectivity index (χ3v) is 14.5. The van der Waals surface area contributed by atoms with Crippen molar-refractivity contribution in [2.24, 2.45) is 29.6 Å². The molecule has 0 aromatic heterocycles. The summed E-state index contributed by atoms with van der Waals surface area (Å²) in [7, 11) is 0.